The zero-order chi connectivity index (χ0) is 16.2. The molecular weight excluding hydrogens is 308 g/mol. The van der Waals surface area contributed by atoms with Crippen LogP contribution in [0.3, 0.4) is 0 Å². The first-order chi connectivity index (χ1) is 11.2. The molecule has 0 aliphatic heterocycles. The second-order valence-corrected chi connectivity index (χ2v) is 5.57. The van der Waals surface area contributed by atoms with Crippen molar-refractivity contribution in [2.75, 3.05) is 14.2 Å². The minimum Gasteiger partial charge on any atom is -0.496 e. The first-order valence-corrected chi connectivity index (χ1v) is 7.68. The molecule has 0 amide bonds. The summed E-state index contributed by atoms with van der Waals surface area (Å²) in [6.07, 6.45) is 0. The summed E-state index contributed by atoms with van der Waals surface area (Å²) in [5.74, 6) is 1.39. The molecule has 23 heavy (non-hydrogen) atoms. The molecule has 3 rings (SSSR count). The summed E-state index contributed by atoms with van der Waals surface area (Å²) in [7, 11) is 3.26. The standard InChI is InChI=1S/C20H17ClO2/c1-22-18-12-17(21)13-19(23-2)20(18)16-10-8-15(9-11-16)14-6-4-3-5-7-14/h3-13H,1-2H3. The fourth-order valence-electron chi connectivity index (χ4n) is 2.62. The number of methoxy groups -OCH3 is 2. The number of hydrogen-bond acceptors (Lipinski definition) is 2. The summed E-state index contributed by atoms with van der Waals surface area (Å²) in [4.78, 5) is 0. The zero-order valence-corrected chi connectivity index (χ0v) is 13.8. The highest BCUT2D eigenvalue weighted by molar-refractivity contribution is 6.31. The predicted octanol–water partition coefficient (Wildman–Crippen LogP) is 5.69. The highest BCUT2D eigenvalue weighted by Gasteiger charge is 2.14. The van der Waals surface area contributed by atoms with Gasteiger partial charge in [-0.05, 0) is 28.8 Å². The van der Waals surface area contributed by atoms with Gasteiger partial charge in [-0.1, -0.05) is 66.2 Å². The van der Waals surface area contributed by atoms with Crippen LogP contribution in [-0.2, 0) is 0 Å². The first-order valence-electron chi connectivity index (χ1n) is 7.30. The van der Waals surface area contributed by atoms with E-state index in [4.69, 9.17) is 21.1 Å². The summed E-state index contributed by atoms with van der Waals surface area (Å²) >= 11 is 6.11. The maximum Gasteiger partial charge on any atom is 0.131 e. The van der Waals surface area contributed by atoms with Crippen LogP contribution in [0.4, 0.5) is 0 Å². The fraction of sp³-hybridized carbons (Fsp3) is 0.100. The molecule has 0 fully saturated rings. The van der Waals surface area contributed by atoms with E-state index in [-0.39, 0.29) is 0 Å². The van der Waals surface area contributed by atoms with E-state index in [9.17, 15) is 0 Å². The molecule has 0 saturated heterocycles. The van der Waals surface area contributed by atoms with Gasteiger partial charge in [0.2, 0.25) is 0 Å². The van der Waals surface area contributed by atoms with Gasteiger partial charge in [-0.2, -0.15) is 0 Å². The molecule has 0 N–H and O–H groups in total. The molecule has 0 heterocycles. The molecule has 0 unspecified atom stereocenters. The smallest absolute Gasteiger partial charge is 0.131 e. The van der Waals surface area contributed by atoms with E-state index in [1.807, 2.05) is 18.2 Å². The molecule has 3 aromatic carbocycles. The number of halogens is 1. The largest absolute Gasteiger partial charge is 0.496 e. The van der Waals surface area contributed by atoms with E-state index in [0.29, 0.717) is 16.5 Å². The van der Waals surface area contributed by atoms with E-state index in [0.717, 1.165) is 11.1 Å². The third kappa shape index (κ3) is 3.17. The van der Waals surface area contributed by atoms with E-state index in [1.54, 1.807) is 26.4 Å². The Morgan fingerprint density at radius 2 is 1.13 bits per heavy atom. The van der Waals surface area contributed by atoms with Gasteiger partial charge in [-0.15, -0.1) is 0 Å². The van der Waals surface area contributed by atoms with Crippen molar-refractivity contribution in [3.8, 4) is 33.8 Å². The topological polar surface area (TPSA) is 18.5 Å². The van der Waals surface area contributed by atoms with E-state index in [2.05, 4.69) is 36.4 Å². The van der Waals surface area contributed by atoms with Gasteiger partial charge in [0.15, 0.2) is 0 Å². The van der Waals surface area contributed by atoms with Crippen LogP contribution in [0.25, 0.3) is 22.3 Å². The second kappa shape index (κ2) is 6.76. The molecular formula is C20H17ClO2. The molecule has 3 aromatic rings. The maximum atomic E-state index is 6.11. The number of hydrogen-bond donors (Lipinski definition) is 0. The van der Waals surface area contributed by atoms with Crippen molar-refractivity contribution in [1.82, 2.24) is 0 Å². The van der Waals surface area contributed by atoms with Crippen molar-refractivity contribution < 1.29 is 9.47 Å². The lowest BCUT2D eigenvalue weighted by atomic mass is 9.99. The van der Waals surface area contributed by atoms with Crippen LogP contribution in [-0.4, -0.2) is 14.2 Å². The Labute approximate surface area is 141 Å². The Hall–Kier alpha value is -2.45. The van der Waals surface area contributed by atoms with Gasteiger partial charge < -0.3 is 9.47 Å². The minimum atomic E-state index is 0.586. The van der Waals surface area contributed by atoms with Crippen LogP contribution in [0.1, 0.15) is 0 Å². The van der Waals surface area contributed by atoms with Gasteiger partial charge >= 0.3 is 0 Å². The maximum absolute atomic E-state index is 6.11. The van der Waals surface area contributed by atoms with Gasteiger partial charge in [0.1, 0.15) is 11.5 Å². The van der Waals surface area contributed by atoms with Crippen LogP contribution in [0, 0.1) is 0 Å². The van der Waals surface area contributed by atoms with Gasteiger partial charge in [0.25, 0.3) is 0 Å². The summed E-state index contributed by atoms with van der Waals surface area (Å²) in [6.45, 7) is 0. The van der Waals surface area contributed by atoms with Crippen LogP contribution >= 0.6 is 11.6 Å². The molecule has 0 saturated carbocycles. The molecule has 0 spiro atoms. The lowest BCUT2D eigenvalue weighted by Gasteiger charge is -2.14. The van der Waals surface area contributed by atoms with Crippen LogP contribution in [0.2, 0.25) is 5.02 Å². The Bertz CT molecular complexity index is 771. The second-order valence-electron chi connectivity index (χ2n) is 5.13. The van der Waals surface area contributed by atoms with Crippen molar-refractivity contribution in [2.24, 2.45) is 0 Å². The van der Waals surface area contributed by atoms with Crippen molar-refractivity contribution >= 4 is 11.6 Å². The average Bonchev–Trinajstić information content (AvgIpc) is 2.61. The van der Waals surface area contributed by atoms with Gasteiger partial charge in [-0.3, -0.25) is 0 Å². The van der Waals surface area contributed by atoms with Crippen molar-refractivity contribution in [1.29, 1.82) is 0 Å². The molecule has 0 radical (unpaired) electrons. The van der Waals surface area contributed by atoms with Gasteiger partial charge in [0.05, 0.1) is 19.8 Å². The Morgan fingerprint density at radius 3 is 1.65 bits per heavy atom. The fourth-order valence-corrected chi connectivity index (χ4v) is 2.82. The molecule has 0 aliphatic carbocycles. The molecule has 3 heteroatoms. The van der Waals surface area contributed by atoms with Crippen molar-refractivity contribution in [2.45, 2.75) is 0 Å². The van der Waals surface area contributed by atoms with Crippen molar-refractivity contribution in [3.63, 3.8) is 0 Å². The lowest BCUT2D eigenvalue weighted by molar-refractivity contribution is 0.397. The highest BCUT2D eigenvalue weighted by atomic mass is 35.5. The third-order valence-electron chi connectivity index (χ3n) is 3.75. The molecule has 116 valence electrons. The molecule has 0 aliphatic rings. The Kier molecular flexibility index (Phi) is 4.54. The van der Waals surface area contributed by atoms with E-state index < -0.39 is 0 Å². The third-order valence-corrected chi connectivity index (χ3v) is 3.97. The van der Waals surface area contributed by atoms with Crippen molar-refractivity contribution in [3.05, 3.63) is 71.8 Å². The first kappa shape index (κ1) is 15.4. The van der Waals surface area contributed by atoms with Gasteiger partial charge in [-0.25, -0.2) is 0 Å². The molecule has 0 aromatic heterocycles. The highest BCUT2D eigenvalue weighted by Crippen LogP contribution is 2.41. The zero-order valence-electron chi connectivity index (χ0n) is 13.0. The van der Waals surface area contributed by atoms with E-state index in [1.165, 1.54) is 11.1 Å². The SMILES string of the molecule is COc1cc(Cl)cc(OC)c1-c1ccc(-c2ccccc2)cc1. The summed E-state index contributed by atoms with van der Waals surface area (Å²) in [5, 5.41) is 0.586. The molecule has 2 nitrogen and oxygen atoms in total. The number of benzene rings is 3. The summed E-state index contributed by atoms with van der Waals surface area (Å²) in [6, 6.07) is 22.2. The number of ether oxygens (including phenoxy) is 2. The normalized spacial score (nSPS) is 10.4. The lowest BCUT2D eigenvalue weighted by Crippen LogP contribution is -1.93. The summed E-state index contributed by atoms with van der Waals surface area (Å²) in [5.41, 5.74) is 4.28. The predicted molar refractivity (Wildman–Crippen MR) is 95.4 cm³/mol. The van der Waals surface area contributed by atoms with Crippen LogP contribution in [0.5, 0.6) is 11.5 Å². The average molecular weight is 325 g/mol. The van der Waals surface area contributed by atoms with E-state index >= 15 is 0 Å². The van der Waals surface area contributed by atoms with Crippen LogP contribution < -0.4 is 9.47 Å². The number of rotatable bonds is 4. The Balaban J connectivity index is 2.06. The summed E-state index contributed by atoms with van der Waals surface area (Å²) < 4.78 is 10.9. The quantitative estimate of drug-likeness (QED) is 0.613. The Morgan fingerprint density at radius 1 is 0.652 bits per heavy atom. The van der Waals surface area contributed by atoms with Gasteiger partial charge in [0, 0.05) is 5.02 Å². The van der Waals surface area contributed by atoms with Crippen LogP contribution in [0.15, 0.2) is 66.7 Å². The monoisotopic (exact) mass is 324 g/mol. The molecule has 0 bridgehead atoms. The molecule has 0 atom stereocenters. The minimum absolute atomic E-state index is 0.586.